The van der Waals surface area contributed by atoms with Crippen LogP contribution in [0.5, 0.6) is 0 Å². The van der Waals surface area contributed by atoms with E-state index in [1.807, 2.05) is 12.2 Å². The molecule has 2 heterocycles. The molecule has 0 radical (unpaired) electrons. The van der Waals surface area contributed by atoms with Crippen molar-refractivity contribution in [2.75, 3.05) is 11.4 Å². The SMILES string of the molecule is O=[N+]([O-])c1ccoc1N1C=CC=CC1. The molecule has 0 bridgehead atoms. The first kappa shape index (κ1) is 8.55. The Bertz CT molecular complexity index is 406. The molecule has 72 valence electrons. The molecule has 0 aromatic carbocycles. The fourth-order valence-electron chi connectivity index (χ4n) is 1.27. The van der Waals surface area contributed by atoms with E-state index in [-0.39, 0.29) is 11.6 Å². The zero-order valence-electron chi connectivity index (χ0n) is 7.29. The van der Waals surface area contributed by atoms with Crippen LogP contribution in [0.15, 0.2) is 41.2 Å². The molecule has 0 spiro atoms. The van der Waals surface area contributed by atoms with E-state index in [1.165, 1.54) is 12.3 Å². The molecule has 1 aromatic rings. The van der Waals surface area contributed by atoms with Crippen LogP contribution >= 0.6 is 0 Å². The second-order valence-corrected chi connectivity index (χ2v) is 2.79. The number of hydrogen-bond donors (Lipinski definition) is 0. The van der Waals surface area contributed by atoms with Crippen LogP contribution in [0.25, 0.3) is 0 Å². The van der Waals surface area contributed by atoms with Crippen molar-refractivity contribution >= 4 is 11.6 Å². The van der Waals surface area contributed by atoms with E-state index in [0.717, 1.165) is 0 Å². The summed E-state index contributed by atoms with van der Waals surface area (Å²) in [4.78, 5) is 11.8. The molecule has 5 nitrogen and oxygen atoms in total. The van der Waals surface area contributed by atoms with Crippen molar-refractivity contribution in [2.24, 2.45) is 0 Å². The van der Waals surface area contributed by atoms with Crippen LogP contribution in [0.2, 0.25) is 0 Å². The van der Waals surface area contributed by atoms with Gasteiger partial charge in [-0.25, -0.2) is 0 Å². The van der Waals surface area contributed by atoms with Gasteiger partial charge in [0.25, 0.3) is 5.88 Å². The van der Waals surface area contributed by atoms with Crippen molar-refractivity contribution in [3.63, 3.8) is 0 Å². The number of nitrogens with zero attached hydrogens (tertiary/aromatic N) is 2. The summed E-state index contributed by atoms with van der Waals surface area (Å²) in [6.07, 6.45) is 8.64. The van der Waals surface area contributed by atoms with E-state index in [4.69, 9.17) is 4.42 Å². The third kappa shape index (κ3) is 1.39. The summed E-state index contributed by atoms with van der Waals surface area (Å²) in [5.41, 5.74) is -0.00931. The fraction of sp³-hybridized carbons (Fsp3) is 0.111. The Hall–Kier alpha value is -2.04. The van der Waals surface area contributed by atoms with E-state index in [0.29, 0.717) is 6.54 Å². The van der Waals surface area contributed by atoms with Crippen molar-refractivity contribution in [1.29, 1.82) is 0 Å². The molecule has 0 unspecified atom stereocenters. The molecule has 0 amide bonds. The van der Waals surface area contributed by atoms with Crippen LogP contribution in [0.3, 0.4) is 0 Å². The quantitative estimate of drug-likeness (QED) is 0.531. The first-order chi connectivity index (χ1) is 6.79. The van der Waals surface area contributed by atoms with E-state index < -0.39 is 4.92 Å². The molecule has 5 heteroatoms. The van der Waals surface area contributed by atoms with Gasteiger partial charge in [0.05, 0.1) is 11.0 Å². The highest BCUT2D eigenvalue weighted by Gasteiger charge is 2.21. The average molecular weight is 192 g/mol. The Kier molecular flexibility index (Phi) is 2.06. The number of nitro groups is 1. The van der Waals surface area contributed by atoms with Gasteiger partial charge in [0, 0.05) is 12.7 Å². The lowest BCUT2D eigenvalue weighted by atomic mass is 10.3. The molecule has 0 aliphatic carbocycles. The number of furan rings is 1. The van der Waals surface area contributed by atoms with Crippen molar-refractivity contribution in [2.45, 2.75) is 0 Å². The van der Waals surface area contributed by atoms with Gasteiger partial charge >= 0.3 is 5.69 Å². The first-order valence-electron chi connectivity index (χ1n) is 4.11. The molecule has 0 fully saturated rings. The predicted octanol–water partition coefficient (Wildman–Crippen LogP) is 2.08. The summed E-state index contributed by atoms with van der Waals surface area (Å²) < 4.78 is 5.06. The molecule has 1 aliphatic heterocycles. The Labute approximate surface area is 80.1 Å². The first-order valence-corrected chi connectivity index (χ1v) is 4.11. The number of hydrogen-bond acceptors (Lipinski definition) is 4. The van der Waals surface area contributed by atoms with E-state index in [1.54, 1.807) is 17.2 Å². The van der Waals surface area contributed by atoms with Gasteiger partial charge in [-0.15, -0.1) is 0 Å². The van der Waals surface area contributed by atoms with Gasteiger partial charge in [-0.05, 0) is 6.08 Å². The van der Waals surface area contributed by atoms with Crippen LogP contribution < -0.4 is 4.90 Å². The van der Waals surface area contributed by atoms with E-state index in [2.05, 4.69) is 0 Å². The number of anilines is 1. The normalized spacial score (nSPS) is 14.7. The van der Waals surface area contributed by atoms with E-state index in [9.17, 15) is 10.1 Å². The van der Waals surface area contributed by atoms with Crippen LogP contribution in [0.1, 0.15) is 0 Å². The molecular formula is C9H8N2O3. The Morgan fingerprint density at radius 1 is 1.50 bits per heavy atom. The second kappa shape index (κ2) is 3.37. The molecule has 1 aromatic heterocycles. The summed E-state index contributed by atoms with van der Waals surface area (Å²) in [5.74, 6) is 0.274. The van der Waals surface area contributed by atoms with Crippen molar-refractivity contribution in [3.05, 3.63) is 46.9 Å². The van der Waals surface area contributed by atoms with Crippen LogP contribution in [0, 0.1) is 10.1 Å². The lowest BCUT2D eigenvalue weighted by Crippen LogP contribution is -2.17. The summed E-state index contributed by atoms with van der Waals surface area (Å²) in [6.45, 7) is 0.588. The van der Waals surface area contributed by atoms with Crippen molar-refractivity contribution < 1.29 is 9.34 Å². The molecular weight excluding hydrogens is 184 g/mol. The minimum atomic E-state index is -0.453. The molecule has 0 saturated heterocycles. The molecule has 0 atom stereocenters. The maximum absolute atomic E-state index is 10.6. The third-order valence-electron chi connectivity index (χ3n) is 1.90. The lowest BCUT2D eigenvalue weighted by molar-refractivity contribution is -0.384. The molecule has 0 saturated carbocycles. The zero-order valence-corrected chi connectivity index (χ0v) is 7.29. The minimum Gasteiger partial charge on any atom is -0.443 e. The molecule has 1 aliphatic rings. The summed E-state index contributed by atoms with van der Waals surface area (Å²) in [7, 11) is 0. The van der Waals surface area contributed by atoms with Gasteiger partial charge in [-0.3, -0.25) is 10.1 Å². The minimum absolute atomic E-state index is 0.00931. The zero-order chi connectivity index (χ0) is 9.97. The molecule has 14 heavy (non-hydrogen) atoms. The van der Waals surface area contributed by atoms with Gasteiger partial charge in [-0.1, -0.05) is 12.2 Å². The van der Waals surface area contributed by atoms with Gasteiger partial charge < -0.3 is 9.32 Å². The Morgan fingerprint density at radius 3 is 3.00 bits per heavy atom. The average Bonchev–Trinajstić information content (AvgIpc) is 2.67. The second-order valence-electron chi connectivity index (χ2n) is 2.79. The van der Waals surface area contributed by atoms with Crippen LogP contribution in [-0.2, 0) is 0 Å². The third-order valence-corrected chi connectivity index (χ3v) is 1.90. The highest BCUT2D eigenvalue weighted by molar-refractivity contribution is 5.58. The summed E-state index contributed by atoms with van der Waals surface area (Å²) >= 11 is 0. The fourth-order valence-corrected chi connectivity index (χ4v) is 1.27. The molecule has 2 rings (SSSR count). The maximum Gasteiger partial charge on any atom is 0.332 e. The number of rotatable bonds is 2. The summed E-state index contributed by atoms with van der Waals surface area (Å²) in [5, 5.41) is 10.6. The highest BCUT2D eigenvalue weighted by Crippen LogP contribution is 2.29. The van der Waals surface area contributed by atoms with Gasteiger partial charge in [0.1, 0.15) is 6.26 Å². The standard InChI is InChI=1S/C9H8N2O3/c12-11(13)8-4-7-14-9(8)10-5-2-1-3-6-10/h1-5,7H,6H2. The topological polar surface area (TPSA) is 59.5 Å². The Balaban J connectivity index is 2.32. The number of allylic oxidation sites excluding steroid dienone is 2. The van der Waals surface area contributed by atoms with Crippen molar-refractivity contribution in [3.8, 4) is 0 Å². The van der Waals surface area contributed by atoms with E-state index >= 15 is 0 Å². The van der Waals surface area contributed by atoms with Crippen molar-refractivity contribution in [1.82, 2.24) is 0 Å². The lowest BCUT2D eigenvalue weighted by Gasteiger charge is -2.16. The van der Waals surface area contributed by atoms with Crippen LogP contribution in [-0.4, -0.2) is 11.5 Å². The van der Waals surface area contributed by atoms with Gasteiger partial charge in [0.15, 0.2) is 0 Å². The highest BCUT2D eigenvalue weighted by atomic mass is 16.6. The Morgan fingerprint density at radius 2 is 2.36 bits per heavy atom. The monoisotopic (exact) mass is 192 g/mol. The predicted molar refractivity (Wildman–Crippen MR) is 51.0 cm³/mol. The smallest absolute Gasteiger partial charge is 0.332 e. The summed E-state index contributed by atoms with van der Waals surface area (Å²) in [6, 6.07) is 1.35. The van der Waals surface area contributed by atoms with Crippen LogP contribution in [0.4, 0.5) is 11.6 Å². The van der Waals surface area contributed by atoms with Gasteiger partial charge in [-0.2, -0.15) is 0 Å². The maximum atomic E-state index is 10.6. The largest absolute Gasteiger partial charge is 0.443 e. The molecule has 0 N–H and O–H groups in total. The van der Waals surface area contributed by atoms with Gasteiger partial charge in [0.2, 0.25) is 0 Å².